The fourth-order valence-electron chi connectivity index (χ4n) is 2.73. The van der Waals surface area contributed by atoms with Crippen LogP contribution in [0.3, 0.4) is 0 Å². The first-order chi connectivity index (χ1) is 10.5. The minimum Gasteiger partial charge on any atom is -0.353 e. The summed E-state index contributed by atoms with van der Waals surface area (Å²) in [5.41, 5.74) is 2.00. The second-order valence-electron chi connectivity index (χ2n) is 5.52. The summed E-state index contributed by atoms with van der Waals surface area (Å²) in [6.45, 7) is 3.87. The van der Waals surface area contributed by atoms with Crippen LogP contribution >= 0.6 is 11.6 Å². The number of hydrogen-bond donors (Lipinski definition) is 1. The topological polar surface area (TPSA) is 68.0 Å². The fourth-order valence-corrected chi connectivity index (χ4v) is 2.98. The molecule has 1 aliphatic heterocycles. The smallest absolute Gasteiger partial charge is 0.275 e. The molecule has 0 aromatic carbocycles. The quantitative estimate of drug-likeness (QED) is 0.938. The van der Waals surface area contributed by atoms with Gasteiger partial charge in [-0.05, 0) is 19.8 Å². The highest BCUT2D eigenvalue weighted by atomic mass is 35.5. The Morgan fingerprint density at radius 3 is 2.55 bits per heavy atom. The summed E-state index contributed by atoms with van der Waals surface area (Å²) in [7, 11) is 3.57. The number of amides is 1. The number of carbonyl (C=O) groups excluding carboxylic acids is 1. The van der Waals surface area contributed by atoms with E-state index in [1.807, 2.05) is 14.0 Å². The lowest BCUT2D eigenvalue weighted by Gasteiger charge is -2.16. The molecule has 1 N–H and O–H groups in total. The number of aromatic nitrogens is 4. The molecular weight excluding hydrogens is 304 g/mol. The summed E-state index contributed by atoms with van der Waals surface area (Å²) in [4.78, 5) is 14.7. The summed E-state index contributed by atoms with van der Waals surface area (Å²) >= 11 is 6.04. The van der Waals surface area contributed by atoms with E-state index in [0.717, 1.165) is 43.1 Å². The second-order valence-corrected chi connectivity index (χ2v) is 5.93. The van der Waals surface area contributed by atoms with Crippen LogP contribution in [0.2, 0.25) is 5.02 Å². The van der Waals surface area contributed by atoms with Crippen LogP contribution in [-0.4, -0.2) is 38.6 Å². The predicted molar refractivity (Wildman–Crippen MR) is 85.6 cm³/mol. The zero-order valence-corrected chi connectivity index (χ0v) is 13.7. The van der Waals surface area contributed by atoms with Crippen LogP contribution in [0.1, 0.15) is 29.0 Å². The van der Waals surface area contributed by atoms with E-state index < -0.39 is 0 Å². The van der Waals surface area contributed by atoms with Gasteiger partial charge in [0.2, 0.25) is 0 Å². The maximum Gasteiger partial charge on any atom is 0.275 e. The van der Waals surface area contributed by atoms with E-state index >= 15 is 0 Å². The maximum absolute atomic E-state index is 12.5. The number of nitrogens with zero attached hydrogens (tertiary/aromatic N) is 5. The van der Waals surface area contributed by atoms with Crippen molar-refractivity contribution in [2.45, 2.75) is 19.8 Å². The van der Waals surface area contributed by atoms with Crippen LogP contribution in [0.5, 0.6) is 0 Å². The van der Waals surface area contributed by atoms with Gasteiger partial charge >= 0.3 is 0 Å². The van der Waals surface area contributed by atoms with Crippen LogP contribution in [0.4, 0.5) is 11.5 Å². The van der Waals surface area contributed by atoms with Crippen LogP contribution < -0.4 is 10.2 Å². The summed E-state index contributed by atoms with van der Waals surface area (Å²) in [6.07, 6.45) is 3.76. The number of aryl methyl sites for hydroxylation is 2. The number of carbonyl (C=O) groups is 1. The Morgan fingerprint density at radius 2 is 1.95 bits per heavy atom. The van der Waals surface area contributed by atoms with Gasteiger partial charge in [0.15, 0.2) is 5.82 Å². The molecule has 22 heavy (non-hydrogen) atoms. The normalized spacial score (nSPS) is 14.6. The first-order valence-corrected chi connectivity index (χ1v) is 7.64. The number of hydrogen-bond acceptors (Lipinski definition) is 4. The molecular formula is C14H19ClN6O. The molecule has 7 nitrogen and oxygen atoms in total. The molecule has 1 aliphatic rings. The molecule has 118 valence electrons. The molecule has 0 radical (unpaired) electrons. The molecule has 0 bridgehead atoms. The Morgan fingerprint density at radius 1 is 1.27 bits per heavy atom. The summed E-state index contributed by atoms with van der Waals surface area (Å²) < 4.78 is 3.26. The lowest BCUT2D eigenvalue weighted by molar-refractivity contribution is 0.101. The van der Waals surface area contributed by atoms with E-state index in [9.17, 15) is 4.79 Å². The number of rotatable bonds is 3. The Labute approximate surface area is 133 Å². The average Bonchev–Trinajstić information content (AvgIpc) is 3.16. The van der Waals surface area contributed by atoms with Crippen molar-refractivity contribution < 1.29 is 4.79 Å². The van der Waals surface area contributed by atoms with Crippen LogP contribution in [-0.2, 0) is 14.1 Å². The van der Waals surface area contributed by atoms with Crippen molar-refractivity contribution in [2.75, 3.05) is 23.3 Å². The molecule has 0 unspecified atom stereocenters. The van der Waals surface area contributed by atoms with E-state index in [1.54, 1.807) is 11.7 Å². The van der Waals surface area contributed by atoms with E-state index in [0.29, 0.717) is 10.7 Å². The van der Waals surface area contributed by atoms with Gasteiger partial charge in [-0.2, -0.15) is 10.2 Å². The van der Waals surface area contributed by atoms with Crippen molar-refractivity contribution in [3.63, 3.8) is 0 Å². The summed E-state index contributed by atoms with van der Waals surface area (Å²) in [5.74, 6) is 0.547. The van der Waals surface area contributed by atoms with Crippen LogP contribution in [0, 0.1) is 6.92 Å². The molecule has 0 atom stereocenters. The predicted octanol–water partition coefficient (Wildman–Crippen LogP) is 1.97. The minimum absolute atomic E-state index is 0.276. The largest absolute Gasteiger partial charge is 0.353 e. The molecule has 3 heterocycles. The first kappa shape index (κ1) is 14.9. The van der Waals surface area contributed by atoms with E-state index in [4.69, 9.17) is 11.6 Å². The van der Waals surface area contributed by atoms with Crippen molar-refractivity contribution in [2.24, 2.45) is 14.1 Å². The first-order valence-electron chi connectivity index (χ1n) is 7.26. The summed E-state index contributed by atoms with van der Waals surface area (Å²) in [6, 6.07) is 0. The average molecular weight is 323 g/mol. The molecule has 3 rings (SSSR count). The van der Waals surface area contributed by atoms with Gasteiger partial charge in [0, 0.05) is 27.2 Å². The number of halogens is 1. The third-order valence-electron chi connectivity index (χ3n) is 4.07. The Kier molecular flexibility index (Phi) is 3.82. The third kappa shape index (κ3) is 2.45. The molecule has 1 fully saturated rings. The zero-order chi connectivity index (χ0) is 15.9. The van der Waals surface area contributed by atoms with Gasteiger partial charge in [-0.1, -0.05) is 11.6 Å². The maximum atomic E-state index is 12.5. The number of anilines is 2. The molecule has 8 heteroatoms. The van der Waals surface area contributed by atoms with Gasteiger partial charge in [0.1, 0.15) is 11.4 Å². The lowest BCUT2D eigenvalue weighted by atomic mass is 10.3. The van der Waals surface area contributed by atoms with E-state index in [-0.39, 0.29) is 5.91 Å². The Balaban J connectivity index is 1.93. The molecule has 1 amide bonds. The highest BCUT2D eigenvalue weighted by Gasteiger charge is 2.25. The van der Waals surface area contributed by atoms with E-state index in [2.05, 4.69) is 20.4 Å². The Bertz CT molecular complexity index is 694. The molecule has 0 saturated carbocycles. The fraction of sp³-hybridized carbons (Fsp3) is 0.500. The highest BCUT2D eigenvalue weighted by molar-refractivity contribution is 6.34. The van der Waals surface area contributed by atoms with Gasteiger partial charge in [-0.15, -0.1) is 0 Å². The Hall–Kier alpha value is -2.02. The standard InChI is InChI=1S/C14H19ClN6O/c1-9-11(13(18-19(9)2)21-6-4-5-7-21)17-14(22)12-10(15)8-16-20(12)3/h8H,4-7H2,1-3H3,(H,17,22). The zero-order valence-electron chi connectivity index (χ0n) is 12.9. The number of nitrogens with one attached hydrogen (secondary N) is 1. The third-order valence-corrected chi connectivity index (χ3v) is 4.35. The minimum atomic E-state index is -0.276. The van der Waals surface area contributed by atoms with Gasteiger partial charge in [-0.3, -0.25) is 14.2 Å². The molecule has 0 spiro atoms. The van der Waals surface area contributed by atoms with Crippen molar-refractivity contribution in [3.8, 4) is 0 Å². The molecule has 1 saturated heterocycles. The molecule has 2 aromatic heterocycles. The lowest BCUT2D eigenvalue weighted by Crippen LogP contribution is -2.22. The van der Waals surface area contributed by atoms with Crippen molar-refractivity contribution in [1.82, 2.24) is 19.6 Å². The van der Waals surface area contributed by atoms with Gasteiger partial charge in [-0.25, -0.2) is 0 Å². The second kappa shape index (κ2) is 5.64. The van der Waals surface area contributed by atoms with Gasteiger partial charge in [0.05, 0.1) is 16.9 Å². The van der Waals surface area contributed by atoms with Crippen LogP contribution in [0.25, 0.3) is 0 Å². The molecule has 0 aliphatic carbocycles. The SMILES string of the molecule is Cc1c(NC(=O)c2c(Cl)cnn2C)c(N2CCCC2)nn1C. The van der Waals surface area contributed by atoms with E-state index in [1.165, 1.54) is 10.9 Å². The van der Waals surface area contributed by atoms with Gasteiger partial charge < -0.3 is 10.2 Å². The van der Waals surface area contributed by atoms with Gasteiger partial charge in [0.25, 0.3) is 5.91 Å². The van der Waals surface area contributed by atoms with Crippen molar-refractivity contribution in [3.05, 3.63) is 22.6 Å². The monoisotopic (exact) mass is 322 g/mol. The molecule has 2 aromatic rings. The van der Waals surface area contributed by atoms with Crippen molar-refractivity contribution >= 4 is 29.0 Å². The van der Waals surface area contributed by atoms with Crippen molar-refractivity contribution in [1.29, 1.82) is 0 Å². The summed E-state index contributed by atoms with van der Waals surface area (Å²) in [5, 5.41) is 11.8. The highest BCUT2D eigenvalue weighted by Crippen LogP contribution is 2.31. The van der Waals surface area contributed by atoms with Crippen LogP contribution in [0.15, 0.2) is 6.20 Å².